The summed E-state index contributed by atoms with van der Waals surface area (Å²) in [5.41, 5.74) is 0.938. The summed E-state index contributed by atoms with van der Waals surface area (Å²) in [6.45, 7) is 0. The molecule has 2 aromatic rings. The molecule has 0 bridgehead atoms. The van der Waals surface area contributed by atoms with E-state index < -0.39 is 11.8 Å². The van der Waals surface area contributed by atoms with Crippen molar-refractivity contribution in [2.75, 3.05) is 5.32 Å². The fraction of sp³-hybridized carbons (Fsp3) is 0.444. The molecule has 0 saturated heterocycles. The smallest absolute Gasteiger partial charge is 0.314 e. The first kappa shape index (κ1) is 17.1. The maximum absolute atomic E-state index is 12.4. The highest BCUT2D eigenvalue weighted by atomic mass is 16.2. The normalized spacial score (nSPS) is 16.2. The van der Waals surface area contributed by atoms with Gasteiger partial charge in [-0.15, -0.1) is 0 Å². The number of pyridine rings is 1. The Kier molecular flexibility index (Phi) is 5.42. The molecule has 25 heavy (non-hydrogen) atoms. The second-order valence-electron chi connectivity index (χ2n) is 6.46. The number of anilines is 1. The average Bonchev–Trinajstić information content (AvgIpc) is 3.05. The highest BCUT2D eigenvalue weighted by Gasteiger charge is 2.28. The van der Waals surface area contributed by atoms with Gasteiger partial charge in [-0.3, -0.25) is 19.3 Å². The topological polar surface area (TPSA) is 88.9 Å². The summed E-state index contributed by atoms with van der Waals surface area (Å²) in [6, 6.07) is 5.25. The Balaban J connectivity index is 1.70. The van der Waals surface area contributed by atoms with Crippen molar-refractivity contribution in [3.05, 3.63) is 42.4 Å². The average molecular weight is 341 g/mol. The van der Waals surface area contributed by atoms with Crippen molar-refractivity contribution >= 4 is 17.6 Å². The lowest BCUT2D eigenvalue weighted by molar-refractivity contribution is -0.137. The van der Waals surface area contributed by atoms with Crippen molar-refractivity contribution in [1.29, 1.82) is 0 Å². The van der Waals surface area contributed by atoms with E-state index in [9.17, 15) is 9.59 Å². The predicted molar refractivity (Wildman–Crippen MR) is 93.5 cm³/mol. The molecule has 0 radical (unpaired) electrons. The first-order valence-electron chi connectivity index (χ1n) is 8.65. The molecule has 1 fully saturated rings. The molecule has 1 aliphatic rings. The molecule has 2 N–H and O–H groups in total. The van der Waals surface area contributed by atoms with Crippen LogP contribution >= 0.6 is 0 Å². The Morgan fingerprint density at radius 2 is 2.00 bits per heavy atom. The second kappa shape index (κ2) is 7.92. The van der Waals surface area contributed by atoms with E-state index in [0.717, 1.165) is 31.2 Å². The molecule has 0 aliphatic heterocycles. The summed E-state index contributed by atoms with van der Waals surface area (Å²) < 4.78 is 1.56. The molecule has 132 valence electrons. The van der Waals surface area contributed by atoms with Crippen molar-refractivity contribution in [3.63, 3.8) is 0 Å². The van der Waals surface area contributed by atoms with Crippen molar-refractivity contribution in [1.82, 2.24) is 20.1 Å². The number of aryl methyl sites for hydroxylation is 1. The van der Waals surface area contributed by atoms with Gasteiger partial charge < -0.3 is 10.6 Å². The highest BCUT2D eigenvalue weighted by Crippen LogP contribution is 2.34. The third-order valence-electron chi connectivity index (χ3n) is 4.61. The monoisotopic (exact) mass is 341 g/mol. The van der Waals surface area contributed by atoms with Crippen LogP contribution in [0.4, 0.5) is 5.82 Å². The molecule has 2 heterocycles. The number of aromatic nitrogens is 3. The van der Waals surface area contributed by atoms with Crippen LogP contribution < -0.4 is 10.6 Å². The molecule has 0 aromatic carbocycles. The van der Waals surface area contributed by atoms with Crippen molar-refractivity contribution in [2.45, 2.75) is 38.1 Å². The van der Waals surface area contributed by atoms with Crippen LogP contribution in [0.25, 0.3) is 0 Å². The van der Waals surface area contributed by atoms with E-state index in [0.29, 0.717) is 11.7 Å². The highest BCUT2D eigenvalue weighted by molar-refractivity contribution is 6.39. The molecule has 1 atom stereocenters. The molecule has 7 heteroatoms. The molecule has 0 unspecified atom stereocenters. The van der Waals surface area contributed by atoms with Crippen molar-refractivity contribution in [2.24, 2.45) is 13.0 Å². The molecule has 3 rings (SSSR count). The van der Waals surface area contributed by atoms with Crippen LogP contribution in [0.1, 0.15) is 43.7 Å². The molecule has 2 amide bonds. The van der Waals surface area contributed by atoms with E-state index in [-0.39, 0.29) is 6.04 Å². The zero-order chi connectivity index (χ0) is 17.6. The first-order valence-corrected chi connectivity index (χ1v) is 8.65. The molecule has 1 aliphatic carbocycles. The Morgan fingerprint density at radius 3 is 2.64 bits per heavy atom. The van der Waals surface area contributed by atoms with Crippen LogP contribution in [0, 0.1) is 5.92 Å². The third-order valence-corrected chi connectivity index (χ3v) is 4.61. The van der Waals surface area contributed by atoms with Gasteiger partial charge >= 0.3 is 11.8 Å². The van der Waals surface area contributed by atoms with Gasteiger partial charge in [-0.2, -0.15) is 5.10 Å². The van der Waals surface area contributed by atoms with Gasteiger partial charge in [0, 0.05) is 31.7 Å². The van der Waals surface area contributed by atoms with Gasteiger partial charge in [0.05, 0.1) is 6.04 Å². The summed E-state index contributed by atoms with van der Waals surface area (Å²) in [5, 5.41) is 9.48. The lowest BCUT2D eigenvalue weighted by atomic mass is 9.81. The van der Waals surface area contributed by atoms with Gasteiger partial charge in [0.2, 0.25) is 0 Å². The van der Waals surface area contributed by atoms with E-state index in [2.05, 4.69) is 20.7 Å². The van der Waals surface area contributed by atoms with E-state index in [1.165, 1.54) is 6.42 Å². The summed E-state index contributed by atoms with van der Waals surface area (Å²) in [5.74, 6) is -0.670. The lowest BCUT2D eigenvalue weighted by Crippen LogP contribution is -2.41. The Morgan fingerprint density at radius 1 is 1.20 bits per heavy atom. The minimum absolute atomic E-state index is 0.198. The largest absolute Gasteiger partial charge is 0.341 e. The number of nitrogens with one attached hydrogen (secondary N) is 2. The van der Waals surface area contributed by atoms with Crippen LogP contribution in [-0.2, 0) is 16.6 Å². The first-order chi connectivity index (χ1) is 12.1. The SMILES string of the molecule is Cn1ccc(NC(=O)C(=O)N[C@H](c2cccnc2)C2CCCCC2)n1. The second-order valence-corrected chi connectivity index (χ2v) is 6.46. The van der Waals surface area contributed by atoms with Gasteiger partial charge in [-0.05, 0) is 30.4 Å². The lowest BCUT2D eigenvalue weighted by Gasteiger charge is -2.30. The Bertz CT molecular complexity index is 722. The van der Waals surface area contributed by atoms with Gasteiger partial charge in [0.25, 0.3) is 0 Å². The molecular formula is C18H23N5O2. The van der Waals surface area contributed by atoms with Gasteiger partial charge in [-0.1, -0.05) is 25.3 Å². The molecular weight excluding hydrogens is 318 g/mol. The fourth-order valence-electron chi connectivity index (χ4n) is 3.36. The number of hydrogen-bond donors (Lipinski definition) is 2. The number of amides is 2. The molecule has 2 aromatic heterocycles. The standard InChI is InChI=1S/C18H23N5O2/c1-23-11-9-15(22-23)20-17(24)18(25)21-16(13-6-3-2-4-7-13)14-8-5-10-19-12-14/h5,8-13,16H,2-4,6-7H2,1H3,(H,21,25)(H,20,22,24)/t16-/m0/s1. The third kappa shape index (κ3) is 4.43. The van der Waals surface area contributed by atoms with Crippen LogP contribution in [0.5, 0.6) is 0 Å². The minimum Gasteiger partial charge on any atom is -0.341 e. The predicted octanol–water partition coefficient (Wildman–Crippen LogP) is 2.19. The number of hydrogen-bond acceptors (Lipinski definition) is 4. The quantitative estimate of drug-likeness (QED) is 0.834. The summed E-state index contributed by atoms with van der Waals surface area (Å²) in [4.78, 5) is 28.7. The molecule has 1 saturated carbocycles. The Labute approximate surface area is 146 Å². The summed E-state index contributed by atoms with van der Waals surface area (Å²) in [7, 11) is 1.75. The van der Waals surface area contributed by atoms with Crippen LogP contribution in [0.15, 0.2) is 36.8 Å². The molecule has 7 nitrogen and oxygen atoms in total. The number of carbonyl (C=O) groups excluding carboxylic acids is 2. The maximum atomic E-state index is 12.4. The van der Waals surface area contributed by atoms with Crippen LogP contribution in [0.2, 0.25) is 0 Å². The summed E-state index contributed by atoms with van der Waals surface area (Å²) >= 11 is 0. The number of carbonyl (C=O) groups is 2. The van der Waals surface area contributed by atoms with E-state index >= 15 is 0 Å². The fourth-order valence-corrected chi connectivity index (χ4v) is 3.36. The van der Waals surface area contributed by atoms with Crippen molar-refractivity contribution in [3.8, 4) is 0 Å². The van der Waals surface area contributed by atoms with E-state index in [1.54, 1.807) is 36.4 Å². The Hall–Kier alpha value is -2.70. The van der Waals surface area contributed by atoms with E-state index in [4.69, 9.17) is 0 Å². The number of rotatable bonds is 4. The van der Waals surface area contributed by atoms with Crippen LogP contribution in [0.3, 0.4) is 0 Å². The zero-order valence-corrected chi connectivity index (χ0v) is 14.3. The van der Waals surface area contributed by atoms with Crippen LogP contribution in [-0.4, -0.2) is 26.6 Å². The minimum atomic E-state index is -0.705. The van der Waals surface area contributed by atoms with Crippen molar-refractivity contribution < 1.29 is 9.59 Å². The van der Waals surface area contributed by atoms with E-state index in [1.807, 2.05) is 12.1 Å². The maximum Gasteiger partial charge on any atom is 0.314 e. The summed E-state index contributed by atoms with van der Waals surface area (Å²) in [6.07, 6.45) is 10.8. The van der Waals surface area contributed by atoms with Gasteiger partial charge in [0.15, 0.2) is 5.82 Å². The van der Waals surface area contributed by atoms with Gasteiger partial charge in [0.1, 0.15) is 0 Å². The molecule has 0 spiro atoms. The number of nitrogens with zero attached hydrogens (tertiary/aromatic N) is 3. The van der Waals surface area contributed by atoms with Gasteiger partial charge in [-0.25, -0.2) is 0 Å². The zero-order valence-electron chi connectivity index (χ0n) is 14.3.